The number of carbonyl (C=O) groups excluding carboxylic acids is 1. The Morgan fingerprint density at radius 3 is 2.23 bits per heavy atom. The summed E-state index contributed by atoms with van der Waals surface area (Å²) in [6.07, 6.45) is 0.360. The minimum absolute atomic E-state index is 0.00458. The van der Waals surface area contributed by atoms with Crippen LogP contribution in [0.2, 0.25) is 0 Å². The molecule has 116 valence electrons. The minimum Gasteiger partial charge on any atom is -0.493 e. The van der Waals surface area contributed by atoms with E-state index in [0.29, 0.717) is 19.6 Å². The van der Waals surface area contributed by atoms with Crippen LogP contribution >= 0.6 is 0 Å². The van der Waals surface area contributed by atoms with E-state index in [1.165, 1.54) is 16.7 Å². The zero-order valence-electron chi connectivity index (χ0n) is 13.5. The van der Waals surface area contributed by atoms with Gasteiger partial charge in [0.2, 0.25) is 5.91 Å². The van der Waals surface area contributed by atoms with Crippen molar-refractivity contribution in [3.8, 4) is 5.75 Å². The van der Waals surface area contributed by atoms with Gasteiger partial charge in [-0.15, -0.1) is 0 Å². The van der Waals surface area contributed by atoms with Crippen molar-refractivity contribution in [3.63, 3.8) is 0 Å². The number of carbonyl (C=O) groups is 1. The number of ether oxygens (including phenoxy) is 1. The van der Waals surface area contributed by atoms with Crippen LogP contribution in [-0.4, -0.2) is 12.5 Å². The molecule has 2 aromatic carbocycles. The van der Waals surface area contributed by atoms with Crippen molar-refractivity contribution in [2.75, 3.05) is 6.61 Å². The number of nitrogens with one attached hydrogen (secondary N) is 1. The first-order chi connectivity index (χ1) is 10.5. The first-order valence-corrected chi connectivity index (χ1v) is 7.56. The summed E-state index contributed by atoms with van der Waals surface area (Å²) in [4.78, 5) is 11.8. The van der Waals surface area contributed by atoms with Crippen molar-refractivity contribution >= 4 is 5.91 Å². The van der Waals surface area contributed by atoms with E-state index >= 15 is 0 Å². The molecule has 3 heteroatoms. The lowest BCUT2D eigenvalue weighted by molar-refractivity contribution is -0.121. The fourth-order valence-electron chi connectivity index (χ4n) is 2.27. The van der Waals surface area contributed by atoms with Gasteiger partial charge < -0.3 is 10.1 Å². The molecular formula is C19H23NO2. The first kappa shape index (κ1) is 16.1. The Labute approximate surface area is 132 Å². The highest BCUT2D eigenvalue weighted by molar-refractivity contribution is 5.76. The molecule has 1 amide bonds. The molecule has 0 heterocycles. The van der Waals surface area contributed by atoms with Crippen molar-refractivity contribution in [2.45, 2.75) is 33.7 Å². The SMILES string of the molecule is Cc1ccc(CNC(=O)CCOc2cc(C)cc(C)c2)cc1. The number of hydrogen-bond donors (Lipinski definition) is 1. The Morgan fingerprint density at radius 2 is 1.59 bits per heavy atom. The number of benzene rings is 2. The lowest BCUT2D eigenvalue weighted by Gasteiger charge is -2.09. The van der Waals surface area contributed by atoms with Gasteiger partial charge in [-0.05, 0) is 49.6 Å². The van der Waals surface area contributed by atoms with Gasteiger partial charge in [-0.1, -0.05) is 35.9 Å². The average Bonchev–Trinajstić information content (AvgIpc) is 2.46. The molecule has 2 aromatic rings. The average molecular weight is 297 g/mol. The second-order valence-electron chi connectivity index (χ2n) is 5.68. The fourth-order valence-corrected chi connectivity index (χ4v) is 2.27. The quantitative estimate of drug-likeness (QED) is 0.883. The standard InChI is InChI=1S/C19H23NO2/c1-14-4-6-17(7-5-14)13-20-19(21)8-9-22-18-11-15(2)10-16(3)12-18/h4-7,10-12H,8-9,13H2,1-3H3,(H,20,21). The summed E-state index contributed by atoms with van der Waals surface area (Å²) in [5, 5.41) is 2.91. The molecule has 0 unspecified atom stereocenters. The van der Waals surface area contributed by atoms with Crippen LogP contribution in [0, 0.1) is 20.8 Å². The number of hydrogen-bond acceptors (Lipinski definition) is 2. The number of rotatable bonds is 6. The van der Waals surface area contributed by atoms with Crippen molar-refractivity contribution in [1.29, 1.82) is 0 Å². The zero-order valence-corrected chi connectivity index (χ0v) is 13.5. The highest BCUT2D eigenvalue weighted by Gasteiger charge is 2.03. The van der Waals surface area contributed by atoms with Gasteiger partial charge in [-0.2, -0.15) is 0 Å². The predicted octanol–water partition coefficient (Wildman–Crippen LogP) is 3.70. The van der Waals surface area contributed by atoms with Crippen molar-refractivity contribution in [1.82, 2.24) is 5.32 Å². The maximum Gasteiger partial charge on any atom is 0.223 e. The van der Waals surface area contributed by atoms with Gasteiger partial charge in [0.1, 0.15) is 5.75 Å². The number of amides is 1. The van der Waals surface area contributed by atoms with Crippen molar-refractivity contribution in [3.05, 3.63) is 64.7 Å². The molecule has 0 fully saturated rings. The van der Waals surface area contributed by atoms with E-state index < -0.39 is 0 Å². The van der Waals surface area contributed by atoms with E-state index in [4.69, 9.17) is 4.74 Å². The lowest BCUT2D eigenvalue weighted by Crippen LogP contribution is -2.24. The Bertz CT molecular complexity index is 612. The van der Waals surface area contributed by atoms with Gasteiger partial charge >= 0.3 is 0 Å². The molecule has 22 heavy (non-hydrogen) atoms. The topological polar surface area (TPSA) is 38.3 Å². The summed E-state index contributed by atoms with van der Waals surface area (Å²) < 4.78 is 5.65. The van der Waals surface area contributed by atoms with Gasteiger partial charge in [-0.3, -0.25) is 4.79 Å². The summed E-state index contributed by atoms with van der Waals surface area (Å²) in [6, 6.07) is 14.2. The van der Waals surface area contributed by atoms with Crippen LogP contribution in [0.3, 0.4) is 0 Å². The Kier molecular flexibility index (Phi) is 5.59. The van der Waals surface area contributed by atoms with Gasteiger partial charge in [0.05, 0.1) is 13.0 Å². The van der Waals surface area contributed by atoms with E-state index in [-0.39, 0.29) is 5.91 Å². The Balaban J connectivity index is 1.72. The van der Waals surface area contributed by atoms with E-state index in [2.05, 4.69) is 11.4 Å². The second-order valence-corrected chi connectivity index (χ2v) is 5.68. The van der Waals surface area contributed by atoms with E-state index in [0.717, 1.165) is 11.3 Å². The molecule has 0 aromatic heterocycles. The molecule has 0 aliphatic rings. The second kappa shape index (κ2) is 7.64. The van der Waals surface area contributed by atoms with Gasteiger partial charge in [-0.25, -0.2) is 0 Å². The van der Waals surface area contributed by atoms with Gasteiger partial charge in [0.25, 0.3) is 0 Å². The first-order valence-electron chi connectivity index (χ1n) is 7.56. The maximum absolute atomic E-state index is 11.8. The monoisotopic (exact) mass is 297 g/mol. The molecular weight excluding hydrogens is 274 g/mol. The van der Waals surface area contributed by atoms with E-state index in [1.54, 1.807) is 0 Å². The summed E-state index contributed by atoms with van der Waals surface area (Å²) in [5.74, 6) is 0.828. The predicted molar refractivity (Wildman–Crippen MR) is 89.1 cm³/mol. The Morgan fingerprint density at radius 1 is 0.955 bits per heavy atom. The van der Waals surface area contributed by atoms with Gasteiger partial charge in [0, 0.05) is 6.54 Å². The summed E-state index contributed by atoms with van der Waals surface area (Å²) in [5.41, 5.74) is 4.66. The van der Waals surface area contributed by atoms with Crippen LogP contribution in [0.15, 0.2) is 42.5 Å². The third kappa shape index (κ3) is 5.24. The van der Waals surface area contributed by atoms with E-state index in [9.17, 15) is 4.79 Å². The zero-order chi connectivity index (χ0) is 15.9. The van der Waals surface area contributed by atoms with Crippen LogP contribution < -0.4 is 10.1 Å². The highest BCUT2D eigenvalue weighted by atomic mass is 16.5. The molecule has 0 saturated heterocycles. The highest BCUT2D eigenvalue weighted by Crippen LogP contribution is 2.16. The molecule has 0 saturated carbocycles. The summed E-state index contributed by atoms with van der Waals surface area (Å²) in [7, 11) is 0. The molecule has 1 N–H and O–H groups in total. The fraction of sp³-hybridized carbons (Fsp3) is 0.316. The smallest absolute Gasteiger partial charge is 0.223 e. The van der Waals surface area contributed by atoms with Crippen molar-refractivity contribution < 1.29 is 9.53 Å². The van der Waals surface area contributed by atoms with Crippen LogP contribution in [-0.2, 0) is 11.3 Å². The normalized spacial score (nSPS) is 10.3. The largest absolute Gasteiger partial charge is 0.493 e. The minimum atomic E-state index is 0.00458. The molecule has 0 bridgehead atoms. The molecule has 0 aliphatic carbocycles. The summed E-state index contributed by atoms with van der Waals surface area (Å²) in [6.45, 7) is 7.07. The van der Waals surface area contributed by atoms with Crippen LogP contribution in [0.1, 0.15) is 28.7 Å². The number of aryl methyl sites for hydroxylation is 3. The molecule has 0 radical (unpaired) electrons. The maximum atomic E-state index is 11.8. The molecule has 0 spiro atoms. The van der Waals surface area contributed by atoms with E-state index in [1.807, 2.05) is 57.2 Å². The lowest BCUT2D eigenvalue weighted by atomic mass is 10.1. The van der Waals surface area contributed by atoms with Crippen LogP contribution in [0.4, 0.5) is 0 Å². The third-order valence-electron chi connectivity index (χ3n) is 3.40. The molecule has 0 atom stereocenters. The van der Waals surface area contributed by atoms with Crippen molar-refractivity contribution in [2.24, 2.45) is 0 Å². The summed E-state index contributed by atoms with van der Waals surface area (Å²) >= 11 is 0. The molecule has 2 rings (SSSR count). The molecule has 3 nitrogen and oxygen atoms in total. The van der Waals surface area contributed by atoms with Crippen LogP contribution in [0.5, 0.6) is 5.75 Å². The van der Waals surface area contributed by atoms with Crippen LogP contribution in [0.25, 0.3) is 0 Å². The van der Waals surface area contributed by atoms with Gasteiger partial charge in [0.15, 0.2) is 0 Å². The molecule has 0 aliphatic heterocycles. The Hall–Kier alpha value is -2.29. The third-order valence-corrected chi connectivity index (χ3v) is 3.40.